The van der Waals surface area contributed by atoms with E-state index in [1.165, 1.54) is 18.1 Å². The molecule has 0 spiro atoms. The van der Waals surface area contributed by atoms with E-state index in [1.807, 2.05) is 0 Å². The number of anilines is 1. The fourth-order valence-electron chi connectivity index (χ4n) is 1.84. The number of hydrogen-bond acceptors (Lipinski definition) is 7. The van der Waals surface area contributed by atoms with Crippen molar-refractivity contribution in [2.45, 2.75) is 11.7 Å². The van der Waals surface area contributed by atoms with Gasteiger partial charge < -0.3 is 15.6 Å². The topological polar surface area (TPSA) is 119 Å². The SMILES string of the molecule is Nc1nc2c(ncn2[C@@H]2CS[C@H](CO)O2)c(=O)[nH]1. The average Bonchev–Trinajstić information content (AvgIpc) is 2.93. The highest BCUT2D eigenvalue weighted by Gasteiger charge is 2.28. The molecule has 0 aromatic carbocycles. The number of nitrogen functional groups attached to an aromatic ring is 1. The monoisotopic (exact) mass is 269 g/mol. The number of fused-ring (bicyclic) bond motifs is 1. The first-order chi connectivity index (χ1) is 8.69. The molecule has 0 bridgehead atoms. The Labute approximate surface area is 105 Å². The molecule has 8 nitrogen and oxygen atoms in total. The molecule has 1 aliphatic heterocycles. The number of nitrogens with zero attached hydrogens (tertiary/aromatic N) is 3. The smallest absolute Gasteiger partial charge is 0.280 e. The minimum absolute atomic E-state index is 0.0404. The van der Waals surface area contributed by atoms with Crippen molar-refractivity contribution in [1.29, 1.82) is 0 Å². The van der Waals surface area contributed by atoms with Crippen LogP contribution in [0, 0.1) is 0 Å². The number of nitrogens with one attached hydrogen (secondary N) is 1. The van der Waals surface area contributed by atoms with Crippen LogP contribution in [0.2, 0.25) is 0 Å². The molecule has 3 rings (SSSR count). The van der Waals surface area contributed by atoms with Gasteiger partial charge in [-0.1, -0.05) is 0 Å². The molecule has 4 N–H and O–H groups in total. The van der Waals surface area contributed by atoms with Gasteiger partial charge in [0.1, 0.15) is 11.7 Å². The molecule has 3 heterocycles. The highest BCUT2D eigenvalue weighted by atomic mass is 32.2. The maximum Gasteiger partial charge on any atom is 0.280 e. The lowest BCUT2D eigenvalue weighted by Gasteiger charge is -2.12. The summed E-state index contributed by atoms with van der Waals surface area (Å²) in [5.74, 6) is 0.698. The first kappa shape index (κ1) is 11.5. The number of hydrogen-bond donors (Lipinski definition) is 3. The van der Waals surface area contributed by atoms with Crippen LogP contribution in [0.5, 0.6) is 0 Å². The second-order valence-electron chi connectivity index (χ2n) is 3.81. The van der Waals surface area contributed by atoms with E-state index in [2.05, 4.69) is 15.0 Å². The van der Waals surface area contributed by atoms with Crippen molar-refractivity contribution in [3.05, 3.63) is 16.7 Å². The molecule has 2 aromatic rings. The van der Waals surface area contributed by atoms with Gasteiger partial charge in [-0.3, -0.25) is 14.3 Å². The third kappa shape index (κ3) is 1.76. The summed E-state index contributed by atoms with van der Waals surface area (Å²) in [5.41, 5.74) is 5.50. The van der Waals surface area contributed by atoms with Crippen LogP contribution in [-0.4, -0.2) is 42.4 Å². The Bertz CT molecular complexity index is 639. The van der Waals surface area contributed by atoms with Crippen LogP contribution in [0.3, 0.4) is 0 Å². The molecule has 2 atom stereocenters. The van der Waals surface area contributed by atoms with Gasteiger partial charge >= 0.3 is 0 Å². The van der Waals surface area contributed by atoms with Crippen molar-refractivity contribution >= 4 is 28.9 Å². The van der Waals surface area contributed by atoms with Crippen molar-refractivity contribution < 1.29 is 9.84 Å². The fourth-order valence-corrected chi connectivity index (χ4v) is 2.77. The summed E-state index contributed by atoms with van der Waals surface area (Å²) in [7, 11) is 0. The van der Waals surface area contributed by atoms with Crippen molar-refractivity contribution in [1.82, 2.24) is 19.5 Å². The predicted molar refractivity (Wildman–Crippen MR) is 66.0 cm³/mol. The Hall–Kier alpha value is -1.58. The molecule has 0 aliphatic carbocycles. The maximum atomic E-state index is 11.6. The van der Waals surface area contributed by atoms with E-state index in [-0.39, 0.29) is 35.3 Å². The molecule has 96 valence electrons. The van der Waals surface area contributed by atoms with Gasteiger partial charge in [-0.15, -0.1) is 11.8 Å². The summed E-state index contributed by atoms with van der Waals surface area (Å²) in [5, 5.41) is 9.02. The Morgan fingerprint density at radius 1 is 1.72 bits per heavy atom. The number of aromatic nitrogens is 4. The van der Waals surface area contributed by atoms with Gasteiger partial charge in [-0.25, -0.2) is 4.98 Å². The van der Waals surface area contributed by atoms with Crippen LogP contribution in [-0.2, 0) is 4.74 Å². The first-order valence-electron chi connectivity index (χ1n) is 5.29. The number of H-pyrrole nitrogens is 1. The van der Waals surface area contributed by atoms with E-state index in [4.69, 9.17) is 15.6 Å². The summed E-state index contributed by atoms with van der Waals surface area (Å²) < 4.78 is 7.24. The van der Waals surface area contributed by atoms with E-state index in [0.717, 1.165) is 0 Å². The minimum atomic E-state index is -0.374. The molecule has 0 saturated carbocycles. The summed E-state index contributed by atoms with van der Waals surface area (Å²) in [6.45, 7) is -0.0516. The second kappa shape index (κ2) is 4.26. The molecule has 1 aliphatic rings. The summed E-state index contributed by atoms with van der Waals surface area (Å²) >= 11 is 1.50. The standard InChI is InChI=1S/C9H11N5O3S/c10-9-12-7-6(8(16)13-9)11-3-14(7)4-2-18-5(1-15)17-4/h3-5,15H,1-2H2,(H3,10,12,13,16)/t4-,5+/m0/s1. The number of aliphatic hydroxyl groups is 1. The normalized spacial score (nSPS) is 23.8. The maximum absolute atomic E-state index is 11.6. The Morgan fingerprint density at radius 2 is 2.56 bits per heavy atom. The molecule has 9 heteroatoms. The molecule has 1 saturated heterocycles. The first-order valence-corrected chi connectivity index (χ1v) is 6.34. The molecule has 18 heavy (non-hydrogen) atoms. The van der Waals surface area contributed by atoms with Crippen molar-refractivity contribution in [2.24, 2.45) is 0 Å². The lowest BCUT2D eigenvalue weighted by Crippen LogP contribution is -2.16. The van der Waals surface area contributed by atoms with Crippen LogP contribution in [0.15, 0.2) is 11.1 Å². The number of aliphatic hydroxyl groups excluding tert-OH is 1. The van der Waals surface area contributed by atoms with Gasteiger partial charge in [-0.05, 0) is 0 Å². The predicted octanol–water partition coefficient (Wildman–Crippen LogP) is -0.718. The van der Waals surface area contributed by atoms with Gasteiger partial charge in [0, 0.05) is 5.75 Å². The molecule has 0 unspecified atom stereocenters. The quantitative estimate of drug-likeness (QED) is 0.658. The van der Waals surface area contributed by atoms with Crippen molar-refractivity contribution in [3.8, 4) is 0 Å². The van der Waals surface area contributed by atoms with E-state index in [1.54, 1.807) is 4.57 Å². The Kier molecular flexibility index (Phi) is 2.73. The van der Waals surface area contributed by atoms with Crippen LogP contribution >= 0.6 is 11.8 Å². The van der Waals surface area contributed by atoms with Crippen LogP contribution in [0.1, 0.15) is 6.23 Å². The Balaban J connectivity index is 2.05. The van der Waals surface area contributed by atoms with Gasteiger partial charge in [0.25, 0.3) is 5.56 Å². The Morgan fingerprint density at radius 3 is 3.28 bits per heavy atom. The minimum Gasteiger partial charge on any atom is -0.393 e. The average molecular weight is 269 g/mol. The van der Waals surface area contributed by atoms with Gasteiger partial charge in [0.2, 0.25) is 5.95 Å². The molecule has 0 amide bonds. The second-order valence-corrected chi connectivity index (χ2v) is 5.00. The largest absolute Gasteiger partial charge is 0.393 e. The molecule has 1 fully saturated rings. The van der Waals surface area contributed by atoms with Crippen molar-refractivity contribution in [2.75, 3.05) is 18.1 Å². The van der Waals surface area contributed by atoms with Gasteiger partial charge in [0.05, 0.1) is 12.9 Å². The molecular weight excluding hydrogens is 258 g/mol. The number of ether oxygens (including phenoxy) is 1. The van der Waals surface area contributed by atoms with Gasteiger partial charge in [-0.2, -0.15) is 4.98 Å². The zero-order chi connectivity index (χ0) is 12.7. The van der Waals surface area contributed by atoms with E-state index >= 15 is 0 Å². The highest BCUT2D eigenvalue weighted by molar-refractivity contribution is 8.00. The van der Waals surface area contributed by atoms with Crippen molar-refractivity contribution in [3.63, 3.8) is 0 Å². The van der Waals surface area contributed by atoms with Crippen LogP contribution in [0.4, 0.5) is 5.95 Å². The molecule has 2 aromatic heterocycles. The fraction of sp³-hybridized carbons (Fsp3) is 0.444. The summed E-state index contributed by atoms with van der Waals surface area (Å²) in [6, 6.07) is 0. The third-order valence-electron chi connectivity index (χ3n) is 2.64. The number of imidazole rings is 1. The zero-order valence-electron chi connectivity index (χ0n) is 9.24. The van der Waals surface area contributed by atoms with Gasteiger partial charge in [0.15, 0.2) is 11.2 Å². The number of nitrogens with two attached hydrogens (primary N) is 1. The molecular formula is C9H11N5O3S. The number of rotatable bonds is 2. The zero-order valence-corrected chi connectivity index (χ0v) is 10.1. The lowest BCUT2D eigenvalue weighted by molar-refractivity contribution is -0.00190. The van der Waals surface area contributed by atoms with Crippen LogP contribution in [0.25, 0.3) is 11.2 Å². The lowest BCUT2D eigenvalue weighted by atomic mass is 10.5. The number of aromatic amines is 1. The van der Waals surface area contributed by atoms with E-state index in [0.29, 0.717) is 11.4 Å². The van der Waals surface area contributed by atoms with E-state index < -0.39 is 0 Å². The van der Waals surface area contributed by atoms with E-state index in [9.17, 15) is 4.79 Å². The van der Waals surface area contributed by atoms with Crippen LogP contribution < -0.4 is 11.3 Å². The summed E-state index contributed by atoms with van der Waals surface area (Å²) in [4.78, 5) is 22.1. The third-order valence-corrected chi connectivity index (χ3v) is 3.75. The summed E-state index contributed by atoms with van der Waals surface area (Å²) in [6.07, 6.45) is 1.20. The number of thioether (sulfide) groups is 1. The molecule has 0 radical (unpaired) electrons. The highest BCUT2D eigenvalue weighted by Crippen LogP contribution is 2.32.